The molecule has 2 nitrogen and oxygen atoms in total. The minimum Gasteiger partial charge on any atom is -0.368 e. The van der Waals surface area contributed by atoms with Gasteiger partial charge >= 0.3 is 0 Å². The van der Waals surface area contributed by atoms with Crippen molar-refractivity contribution in [1.82, 2.24) is 0 Å². The first-order valence-corrected chi connectivity index (χ1v) is 6.33. The van der Waals surface area contributed by atoms with Crippen molar-refractivity contribution in [3.63, 3.8) is 0 Å². The lowest BCUT2D eigenvalue weighted by Gasteiger charge is -2.28. The zero-order valence-electron chi connectivity index (χ0n) is 9.75. The summed E-state index contributed by atoms with van der Waals surface area (Å²) in [5, 5.41) is 0.819. The first-order valence-electron chi connectivity index (χ1n) is 5.95. The first kappa shape index (κ1) is 11.7. The Morgan fingerprint density at radius 2 is 2.31 bits per heavy atom. The average Bonchev–Trinajstić information content (AvgIpc) is 2.70. The molecule has 1 aromatic rings. The highest BCUT2D eigenvalue weighted by molar-refractivity contribution is 6.30. The molecule has 1 saturated heterocycles. The van der Waals surface area contributed by atoms with E-state index in [1.54, 1.807) is 0 Å². The fourth-order valence-electron chi connectivity index (χ4n) is 2.54. The molecule has 1 fully saturated rings. The van der Waals surface area contributed by atoms with Gasteiger partial charge in [0, 0.05) is 23.3 Å². The number of rotatable bonds is 3. The van der Waals surface area contributed by atoms with Gasteiger partial charge in [-0.05, 0) is 50.4 Å². The van der Waals surface area contributed by atoms with Crippen LogP contribution in [0.5, 0.6) is 0 Å². The number of anilines is 1. The molecule has 1 aliphatic heterocycles. The number of halogens is 1. The van der Waals surface area contributed by atoms with Crippen LogP contribution in [0.1, 0.15) is 24.8 Å². The van der Waals surface area contributed by atoms with E-state index in [2.05, 4.69) is 24.0 Å². The molecular formula is C13H19ClN2. The lowest BCUT2D eigenvalue weighted by Crippen LogP contribution is -2.31. The maximum absolute atomic E-state index is 6.07. The SMILES string of the molecule is Cc1ccc(Cl)cc1N1CCCC1CCN. The predicted molar refractivity (Wildman–Crippen MR) is 70.2 cm³/mol. The van der Waals surface area contributed by atoms with E-state index in [9.17, 15) is 0 Å². The van der Waals surface area contributed by atoms with Crippen molar-refractivity contribution < 1.29 is 0 Å². The van der Waals surface area contributed by atoms with Gasteiger partial charge in [-0.25, -0.2) is 0 Å². The molecule has 88 valence electrons. The Balaban J connectivity index is 2.25. The van der Waals surface area contributed by atoms with Crippen molar-refractivity contribution in [3.05, 3.63) is 28.8 Å². The zero-order chi connectivity index (χ0) is 11.5. The van der Waals surface area contributed by atoms with Crippen molar-refractivity contribution >= 4 is 17.3 Å². The average molecular weight is 239 g/mol. The Bertz CT molecular complexity index is 365. The second-order valence-electron chi connectivity index (χ2n) is 4.50. The molecule has 0 spiro atoms. The number of hydrogen-bond donors (Lipinski definition) is 1. The number of nitrogens with zero attached hydrogens (tertiary/aromatic N) is 1. The van der Waals surface area contributed by atoms with Crippen LogP contribution in [-0.2, 0) is 0 Å². The van der Waals surface area contributed by atoms with Gasteiger partial charge in [0.25, 0.3) is 0 Å². The highest BCUT2D eigenvalue weighted by atomic mass is 35.5. The first-order chi connectivity index (χ1) is 7.72. The standard InChI is InChI=1S/C13H19ClN2/c1-10-4-5-11(14)9-13(10)16-8-2-3-12(16)6-7-15/h4-5,9,12H,2-3,6-8,15H2,1H3. The third kappa shape index (κ3) is 2.33. The quantitative estimate of drug-likeness (QED) is 0.877. The van der Waals surface area contributed by atoms with Crippen molar-refractivity contribution in [2.75, 3.05) is 18.0 Å². The molecule has 1 unspecified atom stereocenters. The van der Waals surface area contributed by atoms with E-state index >= 15 is 0 Å². The molecule has 1 atom stereocenters. The van der Waals surface area contributed by atoms with Crippen molar-refractivity contribution in [2.24, 2.45) is 5.73 Å². The molecule has 0 radical (unpaired) electrons. The number of nitrogens with two attached hydrogens (primary N) is 1. The topological polar surface area (TPSA) is 29.3 Å². The summed E-state index contributed by atoms with van der Waals surface area (Å²) in [5.41, 5.74) is 8.24. The summed E-state index contributed by atoms with van der Waals surface area (Å²) >= 11 is 6.07. The molecule has 0 bridgehead atoms. The van der Waals surface area contributed by atoms with E-state index in [0.717, 1.165) is 24.5 Å². The number of benzene rings is 1. The molecule has 1 aliphatic rings. The van der Waals surface area contributed by atoms with Crippen molar-refractivity contribution in [1.29, 1.82) is 0 Å². The summed E-state index contributed by atoms with van der Waals surface area (Å²) in [7, 11) is 0. The summed E-state index contributed by atoms with van der Waals surface area (Å²) in [5.74, 6) is 0. The van der Waals surface area contributed by atoms with Gasteiger partial charge in [-0.15, -0.1) is 0 Å². The number of hydrogen-bond acceptors (Lipinski definition) is 2. The second kappa shape index (κ2) is 5.07. The predicted octanol–water partition coefficient (Wildman–Crippen LogP) is 2.97. The van der Waals surface area contributed by atoms with E-state index in [4.69, 9.17) is 17.3 Å². The van der Waals surface area contributed by atoms with E-state index in [0.29, 0.717) is 6.04 Å². The Kier molecular flexibility index (Phi) is 3.72. The smallest absolute Gasteiger partial charge is 0.0426 e. The van der Waals surface area contributed by atoms with Gasteiger partial charge in [0.1, 0.15) is 0 Å². The summed E-state index contributed by atoms with van der Waals surface area (Å²) in [6.45, 7) is 4.04. The third-order valence-electron chi connectivity index (χ3n) is 3.36. The fourth-order valence-corrected chi connectivity index (χ4v) is 2.70. The van der Waals surface area contributed by atoms with Gasteiger partial charge in [0.15, 0.2) is 0 Å². The molecule has 0 saturated carbocycles. The minimum absolute atomic E-state index is 0.599. The highest BCUT2D eigenvalue weighted by Gasteiger charge is 2.24. The maximum atomic E-state index is 6.07. The van der Waals surface area contributed by atoms with Crippen LogP contribution in [0.15, 0.2) is 18.2 Å². The monoisotopic (exact) mass is 238 g/mol. The summed E-state index contributed by atoms with van der Waals surface area (Å²) in [4.78, 5) is 2.47. The van der Waals surface area contributed by atoms with Crippen LogP contribution in [0.4, 0.5) is 5.69 Å². The van der Waals surface area contributed by atoms with Crippen molar-refractivity contribution in [2.45, 2.75) is 32.2 Å². The second-order valence-corrected chi connectivity index (χ2v) is 4.93. The molecule has 0 aromatic heterocycles. The number of aryl methyl sites for hydroxylation is 1. The van der Waals surface area contributed by atoms with Gasteiger partial charge in [0.05, 0.1) is 0 Å². The van der Waals surface area contributed by atoms with Gasteiger partial charge in [0.2, 0.25) is 0 Å². The van der Waals surface area contributed by atoms with Crippen LogP contribution < -0.4 is 10.6 Å². The molecule has 2 rings (SSSR count). The third-order valence-corrected chi connectivity index (χ3v) is 3.59. The van der Waals surface area contributed by atoms with Crippen LogP contribution in [0.3, 0.4) is 0 Å². The Hall–Kier alpha value is -0.730. The summed E-state index contributed by atoms with van der Waals surface area (Å²) in [6, 6.07) is 6.72. The molecule has 0 amide bonds. The molecule has 16 heavy (non-hydrogen) atoms. The van der Waals surface area contributed by atoms with Crippen LogP contribution in [0.2, 0.25) is 5.02 Å². The van der Waals surface area contributed by atoms with Crippen LogP contribution >= 0.6 is 11.6 Å². The van der Waals surface area contributed by atoms with Crippen molar-refractivity contribution in [3.8, 4) is 0 Å². The van der Waals surface area contributed by atoms with Crippen LogP contribution in [-0.4, -0.2) is 19.1 Å². The Labute approximate surface area is 102 Å². The lowest BCUT2D eigenvalue weighted by molar-refractivity contribution is 0.618. The molecule has 2 N–H and O–H groups in total. The van der Waals surface area contributed by atoms with Crippen LogP contribution in [0.25, 0.3) is 0 Å². The van der Waals surface area contributed by atoms with Crippen LogP contribution in [0, 0.1) is 6.92 Å². The largest absolute Gasteiger partial charge is 0.368 e. The van der Waals surface area contributed by atoms with E-state index in [1.807, 2.05) is 6.07 Å². The molecule has 1 heterocycles. The van der Waals surface area contributed by atoms with Gasteiger partial charge < -0.3 is 10.6 Å². The van der Waals surface area contributed by atoms with E-state index < -0.39 is 0 Å². The fraction of sp³-hybridized carbons (Fsp3) is 0.538. The highest BCUT2D eigenvalue weighted by Crippen LogP contribution is 2.31. The molecular weight excluding hydrogens is 220 g/mol. The normalized spacial score (nSPS) is 20.4. The summed E-state index contributed by atoms with van der Waals surface area (Å²) in [6.07, 6.45) is 3.59. The Morgan fingerprint density at radius 3 is 3.06 bits per heavy atom. The van der Waals surface area contributed by atoms with Gasteiger partial charge in [-0.2, -0.15) is 0 Å². The molecule has 3 heteroatoms. The van der Waals surface area contributed by atoms with Gasteiger partial charge in [-0.3, -0.25) is 0 Å². The minimum atomic E-state index is 0.599. The Morgan fingerprint density at radius 1 is 1.50 bits per heavy atom. The zero-order valence-corrected chi connectivity index (χ0v) is 10.5. The summed E-state index contributed by atoms with van der Waals surface area (Å²) < 4.78 is 0. The molecule has 1 aromatic carbocycles. The van der Waals surface area contributed by atoms with E-state index in [-0.39, 0.29) is 0 Å². The lowest BCUT2D eigenvalue weighted by atomic mass is 10.1. The van der Waals surface area contributed by atoms with Gasteiger partial charge in [-0.1, -0.05) is 17.7 Å². The maximum Gasteiger partial charge on any atom is 0.0426 e. The molecule has 0 aliphatic carbocycles. The van der Waals surface area contributed by atoms with E-state index in [1.165, 1.54) is 24.1 Å².